The van der Waals surface area contributed by atoms with E-state index in [0.717, 1.165) is 18.8 Å². The van der Waals surface area contributed by atoms with Gasteiger partial charge in [-0.05, 0) is 45.7 Å². The molecule has 0 aliphatic carbocycles. The second-order valence-corrected chi connectivity index (χ2v) is 7.65. The van der Waals surface area contributed by atoms with Crippen molar-refractivity contribution in [2.45, 2.75) is 51.2 Å². The van der Waals surface area contributed by atoms with Crippen LogP contribution in [0.3, 0.4) is 0 Å². The average molecular weight is 425 g/mol. The van der Waals surface area contributed by atoms with E-state index in [1.807, 2.05) is 0 Å². The number of carbonyl (C=O) groups is 2. The largest absolute Gasteiger partial charge is 0.399 e. The van der Waals surface area contributed by atoms with Gasteiger partial charge in [-0.15, -0.1) is 10.2 Å². The number of aromatic nitrogens is 4. The zero-order valence-electron chi connectivity index (χ0n) is 16.7. The van der Waals surface area contributed by atoms with E-state index < -0.39 is 29.6 Å². The van der Waals surface area contributed by atoms with E-state index in [1.54, 1.807) is 6.92 Å². The summed E-state index contributed by atoms with van der Waals surface area (Å²) >= 11 is 0. The summed E-state index contributed by atoms with van der Waals surface area (Å²) in [6.45, 7) is 4.08. The lowest BCUT2D eigenvalue weighted by atomic mass is 9.87. The molecule has 3 amide bonds. The van der Waals surface area contributed by atoms with Crippen LogP contribution in [-0.4, -0.2) is 55.7 Å². The van der Waals surface area contributed by atoms with Crippen molar-refractivity contribution in [2.24, 2.45) is 5.73 Å². The number of amides is 3. The first-order valence-electron chi connectivity index (χ1n) is 9.26. The Morgan fingerprint density at radius 2 is 1.97 bits per heavy atom. The van der Waals surface area contributed by atoms with E-state index in [0.29, 0.717) is 36.3 Å². The molecule has 1 aliphatic heterocycles. The molecule has 12 heteroatoms. The summed E-state index contributed by atoms with van der Waals surface area (Å²) < 4.78 is 40.1. The monoisotopic (exact) mass is 425 g/mol. The maximum absolute atomic E-state index is 13.4. The van der Waals surface area contributed by atoms with Crippen molar-refractivity contribution in [3.63, 3.8) is 0 Å². The first-order valence-corrected chi connectivity index (χ1v) is 9.26. The fourth-order valence-electron chi connectivity index (χ4n) is 3.22. The van der Waals surface area contributed by atoms with Crippen molar-refractivity contribution in [3.8, 4) is 11.3 Å². The minimum atomic E-state index is -4.48. The number of hydrogen-bond donors (Lipinski definition) is 2. The number of pyridine rings is 1. The van der Waals surface area contributed by atoms with Gasteiger partial charge in [0.15, 0.2) is 0 Å². The van der Waals surface area contributed by atoms with Gasteiger partial charge in [-0.25, -0.2) is 10.2 Å². The Balaban J connectivity index is 1.84. The third kappa shape index (κ3) is 3.94. The van der Waals surface area contributed by atoms with E-state index in [-0.39, 0.29) is 5.69 Å². The van der Waals surface area contributed by atoms with Crippen molar-refractivity contribution in [1.29, 1.82) is 0 Å². The molecule has 1 aliphatic rings. The molecule has 0 bridgehead atoms. The second kappa shape index (κ2) is 7.58. The first-order chi connectivity index (χ1) is 13.9. The third-order valence-electron chi connectivity index (χ3n) is 5.20. The van der Waals surface area contributed by atoms with Crippen molar-refractivity contribution < 1.29 is 22.8 Å². The molecule has 162 valence electrons. The molecule has 1 atom stereocenters. The predicted molar refractivity (Wildman–Crippen MR) is 101 cm³/mol. The highest BCUT2D eigenvalue weighted by molar-refractivity contribution is 5.89. The topological polar surface area (TPSA) is 119 Å². The molecular formula is C18H22F3N7O2. The Bertz CT molecular complexity index is 971. The number of primary amides is 1. The number of rotatable bonds is 4. The molecule has 2 aromatic heterocycles. The van der Waals surface area contributed by atoms with Crippen LogP contribution >= 0.6 is 0 Å². The predicted octanol–water partition coefficient (Wildman–Crippen LogP) is 2.10. The lowest BCUT2D eigenvalue weighted by Crippen LogP contribution is -2.47. The van der Waals surface area contributed by atoms with E-state index in [9.17, 15) is 22.8 Å². The van der Waals surface area contributed by atoms with Crippen LogP contribution in [0.4, 0.5) is 18.0 Å². The molecule has 0 radical (unpaired) electrons. The van der Waals surface area contributed by atoms with Crippen LogP contribution in [-0.2, 0) is 10.2 Å². The highest BCUT2D eigenvalue weighted by Crippen LogP contribution is 2.40. The van der Waals surface area contributed by atoms with Gasteiger partial charge in [0.25, 0.3) is 0 Å². The van der Waals surface area contributed by atoms with E-state index in [2.05, 4.69) is 20.6 Å². The van der Waals surface area contributed by atoms with Crippen molar-refractivity contribution in [1.82, 2.24) is 25.0 Å². The van der Waals surface area contributed by atoms with Gasteiger partial charge < -0.3 is 10.6 Å². The number of hydrogen-bond acceptors (Lipinski definition) is 5. The van der Waals surface area contributed by atoms with Crippen LogP contribution in [0.5, 0.6) is 0 Å². The molecule has 9 nitrogen and oxygen atoms in total. The van der Waals surface area contributed by atoms with E-state index in [4.69, 9.17) is 5.73 Å². The third-order valence-corrected chi connectivity index (χ3v) is 5.20. The number of alkyl halides is 3. The zero-order chi connectivity index (χ0) is 22.3. The standard InChI is InChI=1S/C18H22F3N7O2/c1-10-14(11-6-7-23-13(9-11)17(2,3)18(19,20)21)25-28(24-10)26-16(30)27-8-4-5-12(27)15(22)29/h6-7,9,12H,4-5,8H2,1-3H3,(H2,22,29)(H,26,30)/t12-/m0/s1. The molecule has 3 heterocycles. The van der Waals surface area contributed by atoms with Gasteiger partial charge in [0.1, 0.15) is 17.2 Å². The number of likely N-dealkylation sites (tertiary alicyclic amines) is 1. The molecular weight excluding hydrogens is 403 g/mol. The highest BCUT2D eigenvalue weighted by atomic mass is 19.4. The van der Waals surface area contributed by atoms with Crippen molar-refractivity contribution in [2.75, 3.05) is 12.0 Å². The minimum Gasteiger partial charge on any atom is -0.368 e. The Morgan fingerprint density at radius 3 is 2.60 bits per heavy atom. The lowest BCUT2D eigenvalue weighted by Gasteiger charge is -2.27. The summed E-state index contributed by atoms with van der Waals surface area (Å²) in [7, 11) is 0. The summed E-state index contributed by atoms with van der Waals surface area (Å²) in [5, 5.41) is 8.27. The molecule has 0 saturated carbocycles. The summed E-state index contributed by atoms with van der Waals surface area (Å²) in [5.74, 6) is -0.593. The molecule has 3 N–H and O–H groups in total. The van der Waals surface area contributed by atoms with Gasteiger partial charge in [-0.3, -0.25) is 9.78 Å². The molecule has 1 fully saturated rings. The normalized spacial score (nSPS) is 17.3. The SMILES string of the molecule is Cc1nn(NC(=O)N2CCC[C@H]2C(N)=O)nc1-c1ccnc(C(C)(C)C(F)(F)F)c1. The second-order valence-electron chi connectivity index (χ2n) is 7.65. The van der Waals surface area contributed by atoms with Gasteiger partial charge in [0.05, 0.1) is 11.4 Å². The van der Waals surface area contributed by atoms with Crippen molar-refractivity contribution in [3.05, 3.63) is 29.7 Å². The highest BCUT2D eigenvalue weighted by Gasteiger charge is 2.49. The number of nitrogens with two attached hydrogens (primary N) is 1. The fourth-order valence-corrected chi connectivity index (χ4v) is 3.22. The minimum absolute atomic E-state index is 0.160. The van der Waals surface area contributed by atoms with Crippen LogP contribution in [0.25, 0.3) is 11.3 Å². The average Bonchev–Trinajstić information content (AvgIpc) is 3.28. The summed E-state index contributed by atoms with van der Waals surface area (Å²) in [4.78, 5) is 30.0. The van der Waals surface area contributed by atoms with Gasteiger partial charge in [-0.1, -0.05) is 4.91 Å². The molecule has 0 spiro atoms. The Morgan fingerprint density at radius 1 is 1.27 bits per heavy atom. The van der Waals surface area contributed by atoms with Gasteiger partial charge in [0, 0.05) is 18.3 Å². The number of halogens is 3. The van der Waals surface area contributed by atoms with Crippen LogP contribution in [0.1, 0.15) is 38.1 Å². The van der Waals surface area contributed by atoms with Crippen molar-refractivity contribution >= 4 is 11.9 Å². The molecule has 0 unspecified atom stereocenters. The zero-order valence-corrected chi connectivity index (χ0v) is 16.7. The molecule has 1 saturated heterocycles. The number of nitrogens with one attached hydrogen (secondary N) is 1. The summed E-state index contributed by atoms with van der Waals surface area (Å²) in [5.41, 5.74) is 6.52. The van der Waals surface area contributed by atoms with Crippen LogP contribution < -0.4 is 11.2 Å². The number of nitrogens with zero attached hydrogens (tertiary/aromatic N) is 5. The molecule has 0 aromatic carbocycles. The lowest BCUT2D eigenvalue weighted by molar-refractivity contribution is -0.181. The van der Waals surface area contributed by atoms with Crippen LogP contribution in [0.2, 0.25) is 0 Å². The van der Waals surface area contributed by atoms with Gasteiger partial charge in [0.2, 0.25) is 5.91 Å². The quantitative estimate of drug-likeness (QED) is 0.778. The Labute approximate surface area is 170 Å². The van der Waals surface area contributed by atoms with E-state index in [1.165, 1.54) is 23.2 Å². The summed E-state index contributed by atoms with van der Waals surface area (Å²) in [6.07, 6.45) is -2.08. The van der Waals surface area contributed by atoms with Crippen LogP contribution in [0.15, 0.2) is 18.3 Å². The van der Waals surface area contributed by atoms with Gasteiger partial charge in [-0.2, -0.15) is 13.2 Å². The van der Waals surface area contributed by atoms with Gasteiger partial charge >= 0.3 is 12.2 Å². The first kappa shape index (κ1) is 21.5. The maximum atomic E-state index is 13.4. The van der Waals surface area contributed by atoms with E-state index >= 15 is 0 Å². The Hall–Kier alpha value is -3.18. The molecule has 30 heavy (non-hydrogen) atoms. The summed E-state index contributed by atoms with van der Waals surface area (Å²) in [6, 6.07) is 1.53. The van der Waals surface area contributed by atoms with Crippen LogP contribution in [0, 0.1) is 6.92 Å². The smallest absolute Gasteiger partial charge is 0.368 e. The molecule has 3 rings (SSSR count). The number of aryl methyl sites for hydroxylation is 1. The maximum Gasteiger partial charge on any atom is 0.399 e. The fraction of sp³-hybridized carbons (Fsp3) is 0.500. The number of carbonyl (C=O) groups excluding carboxylic acids is 2. The molecule has 2 aromatic rings. The Kier molecular flexibility index (Phi) is 5.44. The number of urea groups is 1.